The lowest BCUT2D eigenvalue weighted by Crippen LogP contribution is -2.52. The summed E-state index contributed by atoms with van der Waals surface area (Å²) >= 11 is 0. The van der Waals surface area contributed by atoms with Gasteiger partial charge in [0.05, 0.1) is 24.8 Å². The Hall–Kier alpha value is -4.12. The van der Waals surface area contributed by atoms with E-state index in [1.807, 2.05) is 45.0 Å². The molecule has 3 aromatic carbocycles. The van der Waals surface area contributed by atoms with Crippen molar-refractivity contribution in [2.75, 3.05) is 25.1 Å². The molecule has 0 fully saturated rings. The van der Waals surface area contributed by atoms with E-state index in [1.54, 1.807) is 6.92 Å². The molecule has 2 atom stereocenters. The molecule has 0 aliphatic rings. The van der Waals surface area contributed by atoms with Crippen LogP contribution in [0.25, 0.3) is 0 Å². The molecule has 42 heavy (non-hydrogen) atoms. The summed E-state index contributed by atoms with van der Waals surface area (Å²) in [6.07, 6.45) is 0.701. The van der Waals surface area contributed by atoms with Crippen molar-refractivity contribution >= 4 is 27.5 Å². The Kier molecular flexibility index (Phi) is 10.9. The van der Waals surface area contributed by atoms with Crippen LogP contribution in [-0.2, 0) is 26.2 Å². The van der Waals surface area contributed by atoms with Gasteiger partial charge in [-0.15, -0.1) is 0 Å². The van der Waals surface area contributed by atoms with E-state index in [0.717, 1.165) is 27.6 Å². The van der Waals surface area contributed by atoms with Crippen molar-refractivity contribution in [1.82, 2.24) is 10.2 Å². The Morgan fingerprint density at radius 2 is 1.60 bits per heavy atom. The van der Waals surface area contributed by atoms with Gasteiger partial charge >= 0.3 is 0 Å². The third-order valence-electron chi connectivity index (χ3n) is 7.11. The van der Waals surface area contributed by atoms with E-state index in [-0.39, 0.29) is 34.8 Å². The highest BCUT2D eigenvalue weighted by Gasteiger charge is 2.33. The van der Waals surface area contributed by atoms with E-state index in [1.165, 1.54) is 49.5 Å². The molecule has 1 N–H and O–H groups in total. The van der Waals surface area contributed by atoms with Crippen LogP contribution in [0.3, 0.4) is 0 Å². The zero-order chi connectivity index (χ0) is 31.0. The number of nitrogens with one attached hydrogen (secondary N) is 1. The molecule has 0 radical (unpaired) electrons. The Balaban J connectivity index is 2.07. The predicted octanol–water partition coefficient (Wildman–Crippen LogP) is 4.68. The third kappa shape index (κ3) is 7.58. The molecule has 0 aromatic heterocycles. The lowest BCUT2D eigenvalue weighted by molar-refractivity contribution is -0.139. The predicted molar refractivity (Wildman–Crippen MR) is 160 cm³/mol. The van der Waals surface area contributed by atoms with Crippen molar-refractivity contribution < 1.29 is 31.9 Å². The molecule has 0 aliphatic carbocycles. The van der Waals surface area contributed by atoms with Crippen molar-refractivity contribution in [3.05, 3.63) is 83.7 Å². The van der Waals surface area contributed by atoms with Gasteiger partial charge in [-0.05, 0) is 74.7 Å². The minimum atomic E-state index is -4.38. The number of carbonyl (C=O) groups is 2. The lowest BCUT2D eigenvalue weighted by atomic mass is 10.1. The van der Waals surface area contributed by atoms with E-state index in [0.29, 0.717) is 12.2 Å². The first-order valence-corrected chi connectivity index (χ1v) is 15.0. The number of nitrogens with zero attached hydrogens (tertiary/aromatic N) is 2. The summed E-state index contributed by atoms with van der Waals surface area (Å²) < 4.78 is 53.3. The van der Waals surface area contributed by atoms with Crippen LogP contribution in [-0.4, -0.2) is 58.0 Å². The fourth-order valence-electron chi connectivity index (χ4n) is 4.26. The van der Waals surface area contributed by atoms with Crippen LogP contribution in [0.2, 0.25) is 0 Å². The highest BCUT2D eigenvalue weighted by atomic mass is 32.2. The molecule has 9 nitrogen and oxygen atoms in total. The topological polar surface area (TPSA) is 105 Å². The summed E-state index contributed by atoms with van der Waals surface area (Å²) in [5, 5.41) is 2.90. The summed E-state index contributed by atoms with van der Waals surface area (Å²) in [5.41, 5.74) is 1.80. The SMILES string of the molecule is CC[C@H](C)NC(=O)[C@@H](C)N(Cc1ccccc1C)C(=O)CN(c1ccc(F)cc1)S(=O)(=O)c1ccc(OC)c(OC)c1. The number of anilines is 1. The fourth-order valence-corrected chi connectivity index (χ4v) is 5.69. The Morgan fingerprint density at radius 1 is 0.952 bits per heavy atom. The van der Waals surface area contributed by atoms with Gasteiger partial charge in [-0.2, -0.15) is 0 Å². The van der Waals surface area contributed by atoms with Gasteiger partial charge in [0.15, 0.2) is 11.5 Å². The van der Waals surface area contributed by atoms with Gasteiger partial charge in [-0.25, -0.2) is 12.8 Å². The monoisotopic (exact) mass is 599 g/mol. The van der Waals surface area contributed by atoms with Crippen LogP contribution in [0.15, 0.2) is 71.6 Å². The highest BCUT2D eigenvalue weighted by Crippen LogP contribution is 2.32. The number of ether oxygens (including phenoxy) is 2. The number of carbonyl (C=O) groups excluding carboxylic acids is 2. The Bertz CT molecular complexity index is 1500. The zero-order valence-corrected chi connectivity index (χ0v) is 25.6. The number of aryl methyl sites for hydroxylation is 1. The van der Waals surface area contributed by atoms with Crippen molar-refractivity contribution in [3.8, 4) is 11.5 Å². The normalized spacial score (nSPS) is 12.6. The van der Waals surface area contributed by atoms with Crippen molar-refractivity contribution in [2.24, 2.45) is 0 Å². The molecule has 0 heterocycles. The molecule has 0 aliphatic heterocycles. The second-order valence-corrected chi connectivity index (χ2v) is 11.8. The number of methoxy groups -OCH3 is 2. The molecule has 0 spiro atoms. The zero-order valence-electron chi connectivity index (χ0n) is 24.8. The molecular formula is C31H38FN3O6S. The summed E-state index contributed by atoms with van der Waals surface area (Å²) in [6, 6.07) is 15.3. The number of hydrogen-bond donors (Lipinski definition) is 1. The van der Waals surface area contributed by atoms with Crippen LogP contribution in [0, 0.1) is 12.7 Å². The standard InChI is InChI=1S/C31H38FN3O6S/c1-7-22(3)33-31(37)23(4)34(19-24-11-9-8-10-21(24)2)30(36)20-35(26-14-12-25(32)13-15-26)42(38,39)27-16-17-28(40-5)29(18-27)41-6/h8-18,22-23H,7,19-20H2,1-6H3,(H,33,37)/t22-,23+/m0/s1. The largest absolute Gasteiger partial charge is 0.493 e. The number of rotatable bonds is 13. The number of sulfonamides is 1. The molecule has 0 unspecified atom stereocenters. The second kappa shape index (κ2) is 14.2. The Morgan fingerprint density at radius 3 is 2.19 bits per heavy atom. The van der Waals surface area contributed by atoms with Crippen LogP contribution in [0.1, 0.15) is 38.3 Å². The maximum absolute atomic E-state index is 14.0. The fraction of sp³-hybridized carbons (Fsp3) is 0.355. The highest BCUT2D eigenvalue weighted by molar-refractivity contribution is 7.92. The van der Waals surface area contributed by atoms with Crippen LogP contribution >= 0.6 is 0 Å². The molecule has 11 heteroatoms. The van der Waals surface area contributed by atoms with E-state index in [9.17, 15) is 22.4 Å². The summed E-state index contributed by atoms with van der Waals surface area (Å²) in [4.78, 5) is 28.4. The van der Waals surface area contributed by atoms with Gasteiger partial charge in [0, 0.05) is 18.7 Å². The molecule has 0 bridgehead atoms. The third-order valence-corrected chi connectivity index (χ3v) is 8.88. The smallest absolute Gasteiger partial charge is 0.264 e. The average molecular weight is 600 g/mol. The summed E-state index contributed by atoms with van der Waals surface area (Å²) in [7, 11) is -1.57. The quantitative estimate of drug-likeness (QED) is 0.306. The first-order valence-electron chi connectivity index (χ1n) is 13.6. The van der Waals surface area contributed by atoms with Gasteiger partial charge < -0.3 is 19.7 Å². The van der Waals surface area contributed by atoms with Gasteiger partial charge in [0.25, 0.3) is 10.0 Å². The molecule has 0 saturated heterocycles. The number of hydrogen-bond acceptors (Lipinski definition) is 6. The molecule has 3 aromatic rings. The maximum atomic E-state index is 14.0. The summed E-state index contributed by atoms with van der Waals surface area (Å²) in [6.45, 7) is 6.74. The lowest BCUT2D eigenvalue weighted by Gasteiger charge is -2.32. The van der Waals surface area contributed by atoms with Crippen molar-refractivity contribution in [2.45, 2.75) is 57.6 Å². The van der Waals surface area contributed by atoms with Crippen LogP contribution in [0.5, 0.6) is 11.5 Å². The first kappa shape index (κ1) is 32.4. The second-order valence-electron chi connectivity index (χ2n) is 9.95. The van der Waals surface area contributed by atoms with Gasteiger partial charge in [-0.3, -0.25) is 13.9 Å². The van der Waals surface area contributed by atoms with E-state index < -0.39 is 34.3 Å². The molecule has 0 saturated carbocycles. The first-order chi connectivity index (χ1) is 19.9. The summed E-state index contributed by atoms with van der Waals surface area (Å²) in [5.74, 6) is -1.03. The number of halogens is 1. The maximum Gasteiger partial charge on any atom is 0.264 e. The van der Waals surface area contributed by atoms with Gasteiger partial charge in [0.1, 0.15) is 18.4 Å². The molecular weight excluding hydrogens is 561 g/mol. The molecule has 226 valence electrons. The van der Waals surface area contributed by atoms with Gasteiger partial charge in [0.2, 0.25) is 11.8 Å². The van der Waals surface area contributed by atoms with Crippen LogP contribution in [0.4, 0.5) is 10.1 Å². The van der Waals surface area contributed by atoms with Gasteiger partial charge in [-0.1, -0.05) is 31.2 Å². The molecule has 2 amide bonds. The minimum Gasteiger partial charge on any atom is -0.493 e. The van der Waals surface area contributed by atoms with Crippen LogP contribution < -0.4 is 19.1 Å². The van der Waals surface area contributed by atoms with E-state index in [2.05, 4.69) is 5.32 Å². The van der Waals surface area contributed by atoms with Crippen molar-refractivity contribution in [1.29, 1.82) is 0 Å². The van der Waals surface area contributed by atoms with E-state index >= 15 is 0 Å². The molecule has 3 rings (SSSR count). The van der Waals surface area contributed by atoms with E-state index in [4.69, 9.17) is 9.47 Å². The van der Waals surface area contributed by atoms with Crippen molar-refractivity contribution in [3.63, 3.8) is 0 Å². The number of benzene rings is 3. The number of amides is 2. The average Bonchev–Trinajstić information content (AvgIpc) is 2.98. The Labute approximate surface area is 247 Å². The minimum absolute atomic E-state index is 0.0760.